The highest BCUT2D eigenvalue weighted by Crippen LogP contribution is 2.29. The molecule has 2 atom stereocenters. The van der Waals surface area contributed by atoms with Crippen molar-refractivity contribution in [2.75, 3.05) is 38.2 Å². The van der Waals surface area contributed by atoms with Crippen LogP contribution in [0.15, 0.2) is 48.7 Å². The van der Waals surface area contributed by atoms with Crippen LogP contribution in [0.3, 0.4) is 0 Å². The molecule has 2 N–H and O–H groups in total. The first-order chi connectivity index (χ1) is 20.3. The number of nitrogens with zero attached hydrogens (tertiary/aromatic N) is 4. The first-order valence-electron chi connectivity index (χ1n) is 14.1. The van der Waals surface area contributed by atoms with Crippen LogP contribution in [0.4, 0.5) is 14.9 Å². The van der Waals surface area contributed by atoms with E-state index < -0.39 is 18.0 Å². The van der Waals surface area contributed by atoms with Crippen LogP contribution in [-0.4, -0.2) is 71.9 Å². The molecule has 0 saturated carbocycles. The second-order valence-electron chi connectivity index (χ2n) is 10.5. The summed E-state index contributed by atoms with van der Waals surface area (Å²) >= 11 is 5.97. The van der Waals surface area contributed by atoms with Crippen LogP contribution < -0.4 is 15.5 Å². The minimum atomic E-state index is -0.608. The number of hydrogen-bond donors (Lipinski definition) is 2. The van der Waals surface area contributed by atoms with E-state index >= 15 is 0 Å². The summed E-state index contributed by atoms with van der Waals surface area (Å²) in [6.07, 6.45) is 4.15. The van der Waals surface area contributed by atoms with Gasteiger partial charge < -0.3 is 25.2 Å². The van der Waals surface area contributed by atoms with Gasteiger partial charge in [-0.15, -0.1) is 0 Å². The molecule has 42 heavy (non-hydrogen) atoms. The van der Waals surface area contributed by atoms with Crippen molar-refractivity contribution in [2.45, 2.75) is 44.7 Å². The number of anilines is 1. The molecule has 2 aliphatic heterocycles. The van der Waals surface area contributed by atoms with Gasteiger partial charge in [-0.25, -0.2) is 13.9 Å². The molecule has 1 fully saturated rings. The Bertz CT molecular complexity index is 1480. The molecule has 3 aromatic rings. The second-order valence-corrected chi connectivity index (χ2v) is 10.9. The van der Waals surface area contributed by atoms with Gasteiger partial charge in [0.1, 0.15) is 11.7 Å². The average molecular weight is 597 g/mol. The number of amides is 3. The van der Waals surface area contributed by atoms with Gasteiger partial charge in [0, 0.05) is 25.3 Å². The first-order valence-corrected chi connectivity index (χ1v) is 14.4. The number of carbonyl (C=O) groups excluding carboxylic acids is 3. The maximum absolute atomic E-state index is 14.7. The van der Waals surface area contributed by atoms with Crippen LogP contribution in [0, 0.1) is 12.7 Å². The summed E-state index contributed by atoms with van der Waals surface area (Å²) in [6.45, 7) is 3.31. The van der Waals surface area contributed by atoms with Crippen molar-refractivity contribution in [3.8, 4) is 5.69 Å². The molecule has 0 spiro atoms. The molecule has 2 aromatic carbocycles. The van der Waals surface area contributed by atoms with E-state index in [4.69, 9.17) is 16.3 Å². The summed E-state index contributed by atoms with van der Waals surface area (Å²) in [5.74, 6) is -1.06. The van der Waals surface area contributed by atoms with Crippen molar-refractivity contribution in [1.29, 1.82) is 0 Å². The quantitative estimate of drug-likeness (QED) is 0.464. The van der Waals surface area contributed by atoms with Gasteiger partial charge in [0.05, 0.1) is 42.2 Å². The van der Waals surface area contributed by atoms with Crippen LogP contribution in [0.2, 0.25) is 5.02 Å². The van der Waals surface area contributed by atoms with E-state index in [0.29, 0.717) is 37.3 Å². The molecule has 5 rings (SSSR count). The Morgan fingerprint density at radius 3 is 2.76 bits per heavy atom. The molecule has 1 saturated heterocycles. The summed E-state index contributed by atoms with van der Waals surface area (Å²) in [6, 6.07) is 11.6. The van der Waals surface area contributed by atoms with E-state index in [2.05, 4.69) is 15.7 Å². The van der Waals surface area contributed by atoms with Crippen LogP contribution >= 0.6 is 11.6 Å². The standard InChI is InChI=1S/C30H34ClFN6O4/c1-19-22(17-34-38(19)25-12-7-10-23(31)27(25)32)28(39)35-24-11-4-3-5-13-33-29(40)26-18-36(30(41)42-2)14-15-37(26)21-9-6-8-20(24)16-21/h6-10,12,16-17,24,26H,3-5,11,13-15,18H2,1-2H3,(H,33,40)(H,35,39)/t24-,26+/m0/s1. The number of benzene rings is 2. The third-order valence-electron chi connectivity index (χ3n) is 7.91. The predicted molar refractivity (Wildman–Crippen MR) is 157 cm³/mol. The van der Waals surface area contributed by atoms with Gasteiger partial charge >= 0.3 is 6.09 Å². The van der Waals surface area contributed by atoms with Crippen molar-refractivity contribution in [3.63, 3.8) is 0 Å². The van der Waals surface area contributed by atoms with Gasteiger partial charge in [0.15, 0.2) is 5.82 Å². The Hall–Kier alpha value is -4.12. The Labute approximate surface area is 248 Å². The van der Waals surface area contributed by atoms with Gasteiger partial charge in [-0.2, -0.15) is 5.10 Å². The van der Waals surface area contributed by atoms with Crippen LogP contribution in [0.25, 0.3) is 5.69 Å². The van der Waals surface area contributed by atoms with E-state index in [1.165, 1.54) is 24.1 Å². The molecule has 10 nitrogen and oxygen atoms in total. The van der Waals surface area contributed by atoms with Gasteiger partial charge in [0.2, 0.25) is 5.91 Å². The van der Waals surface area contributed by atoms with Gasteiger partial charge in [-0.05, 0) is 49.6 Å². The number of fused-ring (bicyclic) bond motifs is 4. The molecule has 0 radical (unpaired) electrons. The van der Waals surface area contributed by atoms with Crippen molar-refractivity contribution in [1.82, 2.24) is 25.3 Å². The fourth-order valence-corrected chi connectivity index (χ4v) is 5.77. The molecule has 222 valence electrons. The Morgan fingerprint density at radius 1 is 1.14 bits per heavy atom. The number of carbonyl (C=O) groups is 3. The minimum absolute atomic E-state index is 0.0249. The third-order valence-corrected chi connectivity index (χ3v) is 8.20. The number of methoxy groups -OCH3 is 1. The lowest BCUT2D eigenvalue weighted by Crippen LogP contribution is -2.60. The lowest BCUT2D eigenvalue weighted by molar-refractivity contribution is -0.123. The SMILES string of the molecule is COC(=O)N1CCN2c3cccc(c3)[C@@H](NC(=O)c3cnn(-c4cccc(Cl)c4F)c3C)CCCCCNC(=O)[C@H]2C1. The number of halogens is 2. The minimum Gasteiger partial charge on any atom is -0.453 e. The highest BCUT2D eigenvalue weighted by molar-refractivity contribution is 6.30. The largest absolute Gasteiger partial charge is 0.453 e. The fraction of sp³-hybridized carbons (Fsp3) is 0.400. The molecular weight excluding hydrogens is 563 g/mol. The summed E-state index contributed by atoms with van der Waals surface area (Å²) in [5.41, 5.74) is 2.72. The van der Waals surface area contributed by atoms with Gasteiger partial charge in [-0.3, -0.25) is 9.59 Å². The topological polar surface area (TPSA) is 109 Å². The smallest absolute Gasteiger partial charge is 0.409 e. The molecule has 0 aliphatic carbocycles. The zero-order valence-corrected chi connectivity index (χ0v) is 24.4. The predicted octanol–water partition coefficient (Wildman–Crippen LogP) is 4.39. The van der Waals surface area contributed by atoms with Crippen molar-refractivity contribution < 1.29 is 23.5 Å². The average Bonchev–Trinajstić information content (AvgIpc) is 3.39. The number of piperazine rings is 1. The van der Waals surface area contributed by atoms with Crippen molar-refractivity contribution >= 4 is 35.2 Å². The third kappa shape index (κ3) is 6.06. The summed E-state index contributed by atoms with van der Waals surface area (Å²) < 4.78 is 21.0. The Kier molecular flexibility index (Phi) is 8.96. The number of nitrogens with one attached hydrogen (secondary N) is 2. The van der Waals surface area contributed by atoms with Crippen molar-refractivity contribution in [2.24, 2.45) is 0 Å². The monoisotopic (exact) mass is 596 g/mol. The van der Waals surface area contributed by atoms with Gasteiger partial charge in [0.25, 0.3) is 5.91 Å². The normalized spacial score (nSPS) is 19.5. The molecule has 2 bridgehead atoms. The molecule has 2 aliphatic rings. The number of rotatable bonds is 3. The van der Waals surface area contributed by atoms with Crippen LogP contribution in [0.1, 0.15) is 53.3 Å². The van der Waals surface area contributed by atoms with Gasteiger partial charge in [-0.1, -0.05) is 42.6 Å². The van der Waals surface area contributed by atoms with E-state index in [-0.39, 0.29) is 35.1 Å². The fourth-order valence-electron chi connectivity index (χ4n) is 5.60. The molecule has 12 heteroatoms. The van der Waals surface area contributed by atoms with Crippen molar-refractivity contribution in [3.05, 3.63) is 76.3 Å². The summed E-state index contributed by atoms with van der Waals surface area (Å²) in [7, 11) is 1.33. The summed E-state index contributed by atoms with van der Waals surface area (Å²) in [5, 5.41) is 10.4. The molecule has 3 heterocycles. The molecule has 0 unspecified atom stereocenters. The number of aromatic nitrogens is 2. The highest BCUT2D eigenvalue weighted by atomic mass is 35.5. The molecule has 1 aromatic heterocycles. The van der Waals surface area contributed by atoms with Crippen LogP contribution in [-0.2, 0) is 9.53 Å². The van der Waals surface area contributed by atoms with E-state index in [1.807, 2.05) is 29.2 Å². The zero-order chi connectivity index (χ0) is 29.8. The Morgan fingerprint density at radius 2 is 1.95 bits per heavy atom. The Balaban J connectivity index is 1.42. The number of ether oxygens (including phenoxy) is 1. The lowest BCUT2D eigenvalue weighted by Gasteiger charge is -2.41. The second kappa shape index (κ2) is 12.8. The maximum atomic E-state index is 14.7. The zero-order valence-electron chi connectivity index (χ0n) is 23.6. The number of hydrogen-bond acceptors (Lipinski definition) is 6. The van der Waals surface area contributed by atoms with Crippen LogP contribution in [0.5, 0.6) is 0 Å². The van der Waals surface area contributed by atoms with E-state index in [0.717, 1.165) is 30.5 Å². The van der Waals surface area contributed by atoms with E-state index in [9.17, 15) is 18.8 Å². The maximum Gasteiger partial charge on any atom is 0.409 e. The summed E-state index contributed by atoms with van der Waals surface area (Å²) in [4.78, 5) is 42.6. The van der Waals surface area contributed by atoms with E-state index in [1.54, 1.807) is 24.0 Å². The molecular formula is C30H34ClFN6O4. The highest BCUT2D eigenvalue weighted by Gasteiger charge is 2.35. The molecule has 3 amide bonds. The first kappa shape index (κ1) is 29.4. The lowest BCUT2D eigenvalue weighted by atomic mass is 9.98.